The number of halogens is 3. The fourth-order valence-corrected chi connectivity index (χ4v) is 2.97. The van der Waals surface area contributed by atoms with Gasteiger partial charge in [0, 0.05) is 5.92 Å². The van der Waals surface area contributed by atoms with E-state index in [1.165, 1.54) is 12.1 Å². The molecular weight excluding hydrogens is 319 g/mol. The summed E-state index contributed by atoms with van der Waals surface area (Å²) < 4.78 is 51.0. The first-order valence-corrected chi connectivity index (χ1v) is 8.27. The minimum atomic E-state index is -4.67. The largest absolute Gasteiger partial charge is 0.468 e. The van der Waals surface area contributed by atoms with Gasteiger partial charge in [0.25, 0.3) is 5.90 Å². The van der Waals surface area contributed by atoms with Crippen molar-refractivity contribution in [3.63, 3.8) is 0 Å². The number of hydrogen-bond acceptors (Lipinski definition) is 3. The van der Waals surface area contributed by atoms with E-state index in [4.69, 9.17) is 9.47 Å². The normalized spacial score (nSPS) is 31.8. The topological polar surface area (TPSA) is 30.8 Å². The van der Waals surface area contributed by atoms with Crippen LogP contribution in [0.5, 0.6) is 0 Å². The van der Waals surface area contributed by atoms with Crippen molar-refractivity contribution < 1.29 is 22.6 Å². The zero-order valence-corrected chi connectivity index (χ0v) is 14.4. The Hall–Kier alpha value is -1.56. The van der Waals surface area contributed by atoms with Gasteiger partial charge in [-0.2, -0.15) is 13.2 Å². The number of hydrogen-bond donors (Lipinski definition) is 0. The second kappa shape index (κ2) is 7.55. The van der Waals surface area contributed by atoms with Gasteiger partial charge in [0.15, 0.2) is 0 Å². The molecule has 6 heteroatoms. The van der Waals surface area contributed by atoms with Gasteiger partial charge in [0.05, 0.1) is 11.8 Å². The first kappa shape index (κ1) is 18.8. The number of ether oxygens (including phenoxy) is 2. The van der Waals surface area contributed by atoms with Crippen molar-refractivity contribution in [3.8, 4) is 0 Å². The molecule has 0 bridgehead atoms. The molecule has 0 saturated carbocycles. The lowest BCUT2D eigenvalue weighted by Gasteiger charge is -2.43. The lowest BCUT2D eigenvalue weighted by molar-refractivity contribution is -0.227. The van der Waals surface area contributed by atoms with Crippen molar-refractivity contribution in [1.82, 2.24) is 0 Å². The summed E-state index contributed by atoms with van der Waals surface area (Å²) in [6.45, 7) is 7.91. The van der Waals surface area contributed by atoms with Gasteiger partial charge in [0.1, 0.15) is 0 Å². The molecule has 1 saturated heterocycles. The van der Waals surface area contributed by atoms with Gasteiger partial charge in [-0.3, -0.25) is 0 Å². The quantitative estimate of drug-likeness (QED) is 0.548. The molecule has 1 aliphatic rings. The standard InChI is InChI=1S/C18H24F3NO2/c1-5-15-12(3)11(2)13(4)16(23-15)24-17(18(19,20)21)22-14-9-7-6-8-10-14/h6-13,15-16H,5H2,1-4H3/t11-,12-,13?,15?,16?/m0/s1. The van der Waals surface area contributed by atoms with Gasteiger partial charge >= 0.3 is 6.18 Å². The van der Waals surface area contributed by atoms with Gasteiger partial charge in [-0.25, -0.2) is 4.99 Å². The van der Waals surface area contributed by atoms with Gasteiger partial charge in [-0.15, -0.1) is 0 Å². The first-order chi connectivity index (χ1) is 11.2. The van der Waals surface area contributed by atoms with E-state index in [1.54, 1.807) is 18.2 Å². The van der Waals surface area contributed by atoms with E-state index in [-0.39, 0.29) is 29.5 Å². The van der Waals surface area contributed by atoms with Crippen LogP contribution in [0.3, 0.4) is 0 Å². The van der Waals surface area contributed by atoms with Gasteiger partial charge < -0.3 is 9.47 Å². The number of nitrogens with zero attached hydrogens (tertiary/aromatic N) is 1. The summed E-state index contributed by atoms with van der Waals surface area (Å²) in [5.74, 6) is -0.960. The maximum atomic E-state index is 13.3. The molecule has 0 spiro atoms. The molecule has 1 aromatic carbocycles. The van der Waals surface area contributed by atoms with Crippen molar-refractivity contribution in [1.29, 1.82) is 0 Å². The Kier molecular flexibility index (Phi) is 5.91. The summed E-state index contributed by atoms with van der Waals surface area (Å²) in [4.78, 5) is 3.64. The molecule has 134 valence electrons. The number of alkyl halides is 3. The minimum absolute atomic E-state index is 0.118. The van der Waals surface area contributed by atoms with Gasteiger partial charge in [-0.05, 0) is 30.4 Å². The predicted molar refractivity (Wildman–Crippen MR) is 87.1 cm³/mol. The molecule has 0 aliphatic carbocycles. The third kappa shape index (κ3) is 4.29. The second-order valence-electron chi connectivity index (χ2n) is 6.40. The molecule has 1 aliphatic heterocycles. The van der Waals surface area contributed by atoms with E-state index < -0.39 is 18.4 Å². The van der Waals surface area contributed by atoms with E-state index in [0.29, 0.717) is 0 Å². The van der Waals surface area contributed by atoms with Crippen LogP contribution in [0.2, 0.25) is 0 Å². The summed E-state index contributed by atoms with van der Waals surface area (Å²) in [6, 6.07) is 7.97. The lowest BCUT2D eigenvalue weighted by Crippen LogP contribution is -2.47. The van der Waals surface area contributed by atoms with Crippen LogP contribution >= 0.6 is 0 Å². The molecular formula is C18H24F3NO2. The molecule has 3 unspecified atom stereocenters. The summed E-state index contributed by atoms with van der Waals surface area (Å²) in [7, 11) is 0. The monoisotopic (exact) mass is 343 g/mol. The van der Waals surface area contributed by atoms with Crippen molar-refractivity contribution >= 4 is 11.6 Å². The molecule has 1 fully saturated rings. The lowest BCUT2D eigenvalue weighted by atomic mass is 9.78. The highest BCUT2D eigenvalue weighted by molar-refractivity contribution is 5.84. The Morgan fingerprint density at radius 3 is 2.25 bits per heavy atom. The Morgan fingerprint density at radius 2 is 1.71 bits per heavy atom. The molecule has 2 rings (SSSR count). The second-order valence-corrected chi connectivity index (χ2v) is 6.40. The van der Waals surface area contributed by atoms with E-state index in [1.807, 2.05) is 20.8 Å². The predicted octanol–water partition coefficient (Wildman–Crippen LogP) is 5.34. The Labute approximate surface area is 140 Å². The Bertz CT molecular complexity index is 557. The molecule has 0 aromatic heterocycles. The maximum Gasteiger partial charge on any atom is 0.468 e. The van der Waals surface area contributed by atoms with Crippen LogP contribution in [-0.4, -0.2) is 24.5 Å². The van der Waals surface area contributed by atoms with Crippen LogP contribution in [-0.2, 0) is 9.47 Å². The number of rotatable bonds is 3. The smallest absolute Gasteiger partial charge is 0.444 e. The first-order valence-electron chi connectivity index (χ1n) is 8.27. The highest BCUT2D eigenvalue weighted by Crippen LogP contribution is 2.37. The third-order valence-corrected chi connectivity index (χ3v) is 4.84. The number of benzene rings is 1. The maximum absolute atomic E-state index is 13.3. The van der Waals surface area contributed by atoms with Crippen LogP contribution in [0.1, 0.15) is 34.1 Å². The van der Waals surface area contributed by atoms with Crippen molar-refractivity contribution in [2.24, 2.45) is 22.7 Å². The molecule has 0 radical (unpaired) electrons. The molecule has 1 heterocycles. The zero-order chi connectivity index (χ0) is 17.9. The van der Waals surface area contributed by atoms with Crippen LogP contribution in [0.15, 0.2) is 35.3 Å². The number of para-hydroxylation sites is 1. The molecule has 3 nitrogen and oxygen atoms in total. The summed E-state index contributed by atoms with van der Waals surface area (Å²) >= 11 is 0. The average molecular weight is 343 g/mol. The van der Waals surface area contributed by atoms with Crippen LogP contribution < -0.4 is 0 Å². The summed E-state index contributed by atoms with van der Waals surface area (Å²) in [5.41, 5.74) is 0.196. The zero-order valence-electron chi connectivity index (χ0n) is 14.4. The fraction of sp³-hybridized carbons (Fsp3) is 0.611. The van der Waals surface area contributed by atoms with Gasteiger partial charge in [-0.1, -0.05) is 45.9 Å². The van der Waals surface area contributed by atoms with Crippen molar-refractivity contribution in [2.45, 2.75) is 52.7 Å². The molecule has 24 heavy (non-hydrogen) atoms. The van der Waals surface area contributed by atoms with Crippen molar-refractivity contribution in [3.05, 3.63) is 30.3 Å². The Morgan fingerprint density at radius 1 is 1.08 bits per heavy atom. The molecule has 0 amide bonds. The van der Waals surface area contributed by atoms with Crippen molar-refractivity contribution in [2.75, 3.05) is 0 Å². The average Bonchev–Trinajstić information content (AvgIpc) is 2.54. The minimum Gasteiger partial charge on any atom is -0.444 e. The van der Waals surface area contributed by atoms with E-state index in [2.05, 4.69) is 11.9 Å². The molecule has 5 atom stereocenters. The van der Waals surface area contributed by atoms with E-state index in [0.717, 1.165) is 6.42 Å². The number of aliphatic imine (C=N–C) groups is 1. The summed E-state index contributed by atoms with van der Waals surface area (Å²) in [5, 5.41) is 0. The highest BCUT2D eigenvalue weighted by Gasteiger charge is 2.45. The molecule has 0 N–H and O–H groups in total. The van der Waals surface area contributed by atoms with Gasteiger partial charge in [0.2, 0.25) is 6.29 Å². The van der Waals surface area contributed by atoms with Crippen LogP contribution in [0.25, 0.3) is 0 Å². The van der Waals surface area contributed by atoms with Crippen LogP contribution in [0, 0.1) is 17.8 Å². The SMILES string of the molecule is CCC1OC(OC(=Nc2ccccc2)C(F)(F)F)C(C)[C@@H](C)[C@@H]1C. The summed E-state index contributed by atoms with van der Waals surface area (Å²) in [6.07, 6.45) is -5.01. The Balaban J connectivity index is 2.25. The van der Waals surface area contributed by atoms with E-state index >= 15 is 0 Å². The fourth-order valence-electron chi connectivity index (χ4n) is 2.97. The van der Waals surface area contributed by atoms with Crippen LogP contribution in [0.4, 0.5) is 18.9 Å². The third-order valence-electron chi connectivity index (χ3n) is 4.84. The molecule has 1 aromatic rings. The van der Waals surface area contributed by atoms with E-state index in [9.17, 15) is 13.2 Å². The highest BCUT2D eigenvalue weighted by atomic mass is 19.4.